The van der Waals surface area contributed by atoms with Gasteiger partial charge in [0.2, 0.25) is 0 Å². The number of rotatable bonds is 5. The van der Waals surface area contributed by atoms with Crippen molar-refractivity contribution in [1.82, 2.24) is 9.88 Å². The number of thiazole rings is 1. The van der Waals surface area contributed by atoms with Gasteiger partial charge in [0, 0.05) is 18.0 Å². The van der Waals surface area contributed by atoms with Crippen LogP contribution in [-0.2, 0) is 11.3 Å². The molecule has 0 aliphatic heterocycles. The lowest BCUT2D eigenvalue weighted by Gasteiger charge is -2.23. The number of aliphatic carboxylic acids is 1. The Morgan fingerprint density at radius 1 is 1.67 bits per heavy atom. The van der Waals surface area contributed by atoms with E-state index in [0.29, 0.717) is 6.54 Å². The lowest BCUT2D eigenvalue weighted by atomic mass is 10.3. The van der Waals surface area contributed by atoms with Gasteiger partial charge >= 0.3 is 5.97 Å². The lowest BCUT2D eigenvalue weighted by Crippen LogP contribution is -2.35. The molecule has 0 unspecified atom stereocenters. The molecule has 0 aromatic carbocycles. The Morgan fingerprint density at radius 3 is 2.73 bits per heavy atom. The van der Waals surface area contributed by atoms with E-state index >= 15 is 0 Å². The van der Waals surface area contributed by atoms with E-state index in [1.165, 1.54) is 0 Å². The summed E-state index contributed by atoms with van der Waals surface area (Å²) in [6, 6.07) is 0.211. The van der Waals surface area contributed by atoms with E-state index in [1.807, 2.05) is 31.1 Å². The first-order chi connectivity index (χ1) is 6.99. The van der Waals surface area contributed by atoms with Gasteiger partial charge in [-0.2, -0.15) is 0 Å². The van der Waals surface area contributed by atoms with Crippen LogP contribution in [0.25, 0.3) is 0 Å². The summed E-state index contributed by atoms with van der Waals surface area (Å²) in [5.41, 5.74) is 0.951. The molecular formula is C10H16N2O2S. The van der Waals surface area contributed by atoms with Crippen LogP contribution in [0.2, 0.25) is 0 Å². The van der Waals surface area contributed by atoms with Gasteiger partial charge < -0.3 is 5.11 Å². The molecule has 0 fully saturated rings. The fraction of sp³-hybridized carbons (Fsp3) is 0.600. The normalized spacial score (nSPS) is 11.3. The van der Waals surface area contributed by atoms with Crippen molar-refractivity contribution < 1.29 is 9.90 Å². The van der Waals surface area contributed by atoms with E-state index in [2.05, 4.69) is 4.98 Å². The van der Waals surface area contributed by atoms with Crippen LogP contribution in [0.15, 0.2) is 5.38 Å². The van der Waals surface area contributed by atoms with Crippen molar-refractivity contribution in [3.8, 4) is 0 Å². The molecule has 1 aromatic heterocycles. The second-order valence-electron chi connectivity index (χ2n) is 3.75. The van der Waals surface area contributed by atoms with Gasteiger partial charge in [-0.3, -0.25) is 9.69 Å². The minimum Gasteiger partial charge on any atom is -0.480 e. The topological polar surface area (TPSA) is 53.4 Å². The number of aromatic nitrogens is 1. The van der Waals surface area contributed by atoms with E-state index in [1.54, 1.807) is 11.3 Å². The minimum atomic E-state index is -0.796. The molecule has 15 heavy (non-hydrogen) atoms. The highest BCUT2D eigenvalue weighted by Gasteiger charge is 2.14. The first-order valence-electron chi connectivity index (χ1n) is 4.86. The summed E-state index contributed by atoms with van der Waals surface area (Å²) in [7, 11) is 0. The molecule has 5 heteroatoms. The van der Waals surface area contributed by atoms with Gasteiger partial charge in [-0.25, -0.2) is 4.98 Å². The van der Waals surface area contributed by atoms with Crippen molar-refractivity contribution in [2.45, 2.75) is 33.4 Å². The number of nitrogens with zero attached hydrogens (tertiary/aromatic N) is 2. The van der Waals surface area contributed by atoms with Crippen LogP contribution >= 0.6 is 11.3 Å². The monoisotopic (exact) mass is 228 g/mol. The number of carboxylic acids is 1. The first kappa shape index (κ1) is 12.1. The van der Waals surface area contributed by atoms with Gasteiger partial charge in [0.15, 0.2) is 0 Å². The number of carboxylic acid groups (broad SMARTS) is 1. The molecule has 4 nitrogen and oxygen atoms in total. The molecule has 0 spiro atoms. The lowest BCUT2D eigenvalue weighted by molar-refractivity contribution is -0.138. The summed E-state index contributed by atoms with van der Waals surface area (Å²) in [6.07, 6.45) is 0. The fourth-order valence-corrected chi connectivity index (χ4v) is 1.89. The zero-order chi connectivity index (χ0) is 11.4. The third kappa shape index (κ3) is 3.97. The van der Waals surface area contributed by atoms with E-state index in [9.17, 15) is 4.79 Å². The third-order valence-corrected chi connectivity index (χ3v) is 2.92. The smallest absolute Gasteiger partial charge is 0.317 e. The van der Waals surface area contributed by atoms with E-state index in [4.69, 9.17) is 5.11 Å². The summed E-state index contributed by atoms with van der Waals surface area (Å²) in [6.45, 7) is 6.60. The van der Waals surface area contributed by atoms with Gasteiger partial charge in [-0.05, 0) is 20.8 Å². The second-order valence-corrected chi connectivity index (χ2v) is 4.81. The predicted octanol–water partition coefficient (Wildman–Crippen LogP) is 1.75. The molecule has 1 rings (SSSR count). The van der Waals surface area contributed by atoms with Crippen molar-refractivity contribution in [3.05, 3.63) is 16.1 Å². The zero-order valence-corrected chi connectivity index (χ0v) is 10.0. The maximum absolute atomic E-state index is 10.7. The number of hydrogen-bond acceptors (Lipinski definition) is 4. The highest BCUT2D eigenvalue weighted by Crippen LogP contribution is 2.11. The van der Waals surface area contributed by atoms with Gasteiger partial charge in [0.05, 0.1) is 17.2 Å². The maximum Gasteiger partial charge on any atom is 0.317 e. The molecule has 0 saturated carbocycles. The largest absolute Gasteiger partial charge is 0.480 e. The number of hydrogen-bond donors (Lipinski definition) is 1. The Labute approximate surface area is 93.6 Å². The van der Waals surface area contributed by atoms with Crippen LogP contribution in [0.4, 0.5) is 0 Å². The molecule has 1 aromatic rings. The predicted molar refractivity (Wildman–Crippen MR) is 60.0 cm³/mol. The molecule has 0 saturated heterocycles. The summed E-state index contributed by atoms with van der Waals surface area (Å²) in [5, 5.41) is 11.8. The van der Waals surface area contributed by atoms with Gasteiger partial charge in [0.1, 0.15) is 0 Å². The molecule has 0 atom stereocenters. The minimum absolute atomic E-state index is 0.0637. The van der Waals surface area contributed by atoms with Crippen LogP contribution in [0.3, 0.4) is 0 Å². The maximum atomic E-state index is 10.7. The van der Waals surface area contributed by atoms with Crippen molar-refractivity contribution >= 4 is 17.3 Å². The van der Waals surface area contributed by atoms with E-state index in [-0.39, 0.29) is 12.6 Å². The summed E-state index contributed by atoms with van der Waals surface area (Å²) in [5.74, 6) is -0.796. The molecule has 0 radical (unpaired) electrons. The average Bonchev–Trinajstić information content (AvgIpc) is 2.49. The van der Waals surface area contributed by atoms with Crippen molar-refractivity contribution in [3.63, 3.8) is 0 Å². The Hall–Kier alpha value is -0.940. The molecule has 0 amide bonds. The van der Waals surface area contributed by atoms with Crippen LogP contribution < -0.4 is 0 Å². The van der Waals surface area contributed by atoms with E-state index < -0.39 is 5.97 Å². The molecule has 1 heterocycles. The Balaban J connectivity index is 2.62. The quantitative estimate of drug-likeness (QED) is 0.834. The van der Waals surface area contributed by atoms with Crippen LogP contribution in [0.5, 0.6) is 0 Å². The summed E-state index contributed by atoms with van der Waals surface area (Å²) in [4.78, 5) is 16.9. The summed E-state index contributed by atoms with van der Waals surface area (Å²) >= 11 is 1.59. The Morgan fingerprint density at radius 2 is 2.33 bits per heavy atom. The molecule has 0 aliphatic rings. The highest BCUT2D eigenvalue weighted by atomic mass is 32.1. The number of carbonyl (C=O) groups is 1. The van der Waals surface area contributed by atoms with Crippen molar-refractivity contribution in [1.29, 1.82) is 0 Å². The van der Waals surface area contributed by atoms with Crippen molar-refractivity contribution in [2.75, 3.05) is 6.54 Å². The van der Waals surface area contributed by atoms with E-state index in [0.717, 1.165) is 10.7 Å². The number of aryl methyl sites for hydroxylation is 1. The van der Waals surface area contributed by atoms with Gasteiger partial charge in [-0.1, -0.05) is 0 Å². The second kappa shape index (κ2) is 5.23. The molecular weight excluding hydrogens is 212 g/mol. The van der Waals surface area contributed by atoms with Crippen LogP contribution in [-0.4, -0.2) is 33.5 Å². The molecule has 84 valence electrons. The zero-order valence-electron chi connectivity index (χ0n) is 9.23. The van der Waals surface area contributed by atoms with Crippen LogP contribution in [0, 0.1) is 6.92 Å². The Kier molecular flexibility index (Phi) is 4.23. The SMILES string of the molecule is Cc1nc(CN(CC(=O)O)C(C)C)cs1. The standard InChI is InChI=1S/C10H16N2O2S/c1-7(2)12(5-10(13)14)4-9-6-15-8(3)11-9/h6-7H,4-5H2,1-3H3,(H,13,14). The van der Waals surface area contributed by atoms with Gasteiger partial charge in [0.25, 0.3) is 0 Å². The summed E-state index contributed by atoms with van der Waals surface area (Å²) < 4.78 is 0. The third-order valence-electron chi connectivity index (χ3n) is 2.10. The Bertz CT molecular complexity index is 336. The van der Waals surface area contributed by atoms with Crippen LogP contribution in [0.1, 0.15) is 24.5 Å². The van der Waals surface area contributed by atoms with Gasteiger partial charge in [-0.15, -0.1) is 11.3 Å². The van der Waals surface area contributed by atoms with Crippen molar-refractivity contribution in [2.24, 2.45) is 0 Å². The molecule has 0 aliphatic carbocycles. The fourth-order valence-electron chi connectivity index (χ4n) is 1.28. The molecule has 0 bridgehead atoms. The first-order valence-corrected chi connectivity index (χ1v) is 5.74. The highest BCUT2D eigenvalue weighted by molar-refractivity contribution is 7.09. The average molecular weight is 228 g/mol. The molecule has 1 N–H and O–H groups in total.